The number of rotatable bonds is 3. The summed E-state index contributed by atoms with van der Waals surface area (Å²) in [5.41, 5.74) is 2.20. The molecule has 0 spiro atoms. The maximum atomic E-state index is 13.9. The van der Waals surface area contributed by atoms with Crippen LogP contribution in [-0.2, 0) is 29.2 Å². The number of aryl methyl sites for hydroxylation is 1. The smallest absolute Gasteiger partial charge is 0.475 e. The van der Waals surface area contributed by atoms with Crippen molar-refractivity contribution in [2.24, 2.45) is 0 Å². The average molecular weight is 571 g/mol. The molecule has 10 nitrogen and oxygen atoms in total. The molecule has 2 aliphatic rings. The Hall–Kier alpha value is -3.76. The molecule has 0 radical (unpaired) electrons. The number of aliphatic carboxylic acids is 2. The third kappa shape index (κ3) is 9.49. The number of carbonyl (C=O) groups excluding carboxylic acids is 1. The van der Waals surface area contributed by atoms with Gasteiger partial charge in [0.25, 0.3) is 5.91 Å². The zero-order valence-electron chi connectivity index (χ0n) is 20.2. The Balaban J connectivity index is 0.000000317. The second-order valence-electron chi connectivity index (χ2n) is 8.36. The van der Waals surface area contributed by atoms with E-state index in [9.17, 15) is 35.5 Å². The Morgan fingerprint density at radius 3 is 1.97 bits per heavy atom. The number of hydrogen-bond donors (Lipinski definition) is 2. The van der Waals surface area contributed by atoms with Gasteiger partial charge in [0.15, 0.2) is 5.82 Å². The monoisotopic (exact) mass is 571 g/mol. The molecular weight excluding hydrogens is 547 g/mol. The van der Waals surface area contributed by atoms with Crippen LogP contribution in [0.4, 0.5) is 30.7 Å². The van der Waals surface area contributed by atoms with Gasteiger partial charge in [-0.3, -0.25) is 14.7 Å². The molecule has 0 saturated carbocycles. The van der Waals surface area contributed by atoms with Gasteiger partial charge in [-0.05, 0) is 38.4 Å². The maximum absolute atomic E-state index is 13.9. The molecule has 0 aliphatic carbocycles. The van der Waals surface area contributed by atoms with Gasteiger partial charge in [0, 0.05) is 25.8 Å². The van der Waals surface area contributed by atoms with E-state index in [0.29, 0.717) is 13.1 Å². The fraction of sp³-hybridized carbons (Fsp3) is 0.500. The van der Waals surface area contributed by atoms with Crippen LogP contribution >= 0.6 is 0 Å². The van der Waals surface area contributed by atoms with Crippen molar-refractivity contribution >= 4 is 17.8 Å². The summed E-state index contributed by atoms with van der Waals surface area (Å²) in [6.45, 7) is 4.97. The van der Waals surface area contributed by atoms with E-state index in [1.54, 1.807) is 4.90 Å². The van der Waals surface area contributed by atoms with Gasteiger partial charge in [-0.25, -0.2) is 19.0 Å². The third-order valence-electron chi connectivity index (χ3n) is 5.55. The topological polar surface area (TPSA) is 129 Å². The standard InChI is InChI=1S/C18H22FN5O.2C2HF3O2/c19-15-10-20-5-4-14(15)18(25)23-8-3-9-24-13-21-16(17(24)12-23)11-22-6-1-2-7-22;2*3-2(4,5)1(6)7/h4-5,10,13H,1-3,6-9,11-12H2;2*(H,6,7). The summed E-state index contributed by atoms with van der Waals surface area (Å²) in [4.78, 5) is 43.0. The minimum atomic E-state index is -5.08. The molecule has 1 fully saturated rings. The SMILES string of the molecule is O=C(O)C(F)(F)F.O=C(O)C(F)(F)F.O=C(c1ccncc1F)N1CCCn2cnc(CN3CCCC3)c2C1. The number of halogens is 7. The van der Waals surface area contributed by atoms with E-state index in [1.807, 2.05) is 6.33 Å². The average Bonchev–Trinajstić information content (AvgIpc) is 3.43. The zero-order chi connectivity index (χ0) is 29.4. The van der Waals surface area contributed by atoms with Crippen LogP contribution in [0.25, 0.3) is 0 Å². The van der Waals surface area contributed by atoms with E-state index in [-0.39, 0.29) is 11.5 Å². The molecule has 39 heavy (non-hydrogen) atoms. The number of pyridine rings is 1. The number of amides is 1. The van der Waals surface area contributed by atoms with Crippen molar-refractivity contribution in [3.8, 4) is 0 Å². The number of fused-ring (bicyclic) bond motifs is 1. The molecule has 4 rings (SSSR count). The van der Waals surface area contributed by atoms with Crippen LogP contribution in [-0.4, -0.2) is 84.4 Å². The number of carboxylic acid groups (broad SMARTS) is 2. The van der Waals surface area contributed by atoms with Gasteiger partial charge in [0.2, 0.25) is 0 Å². The molecule has 2 aliphatic heterocycles. The molecule has 2 N–H and O–H groups in total. The summed E-state index contributed by atoms with van der Waals surface area (Å²) in [6.07, 6.45) is -2.43. The van der Waals surface area contributed by atoms with Crippen LogP contribution < -0.4 is 0 Å². The van der Waals surface area contributed by atoms with Crippen LogP contribution in [0.15, 0.2) is 24.8 Å². The van der Waals surface area contributed by atoms with Gasteiger partial charge in [-0.1, -0.05) is 0 Å². The number of nitrogens with zero attached hydrogens (tertiary/aromatic N) is 5. The maximum Gasteiger partial charge on any atom is 0.490 e. The second kappa shape index (κ2) is 13.3. The first-order valence-corrected chi connectivity index (χ1v) is 11.4. The first-order valence-electron chi connectivity index (χ1n) is 11.4. The van der Waals surface area contributed by atoms with E-state index in [2.05, 4.69) is 19.4 Å². The lowest BCUT2D eigenvalue weighted by Gasteiger charge is -2.21. The van der Waals surface area contributed by atoms with Crippen molar-refractivity contribution in [3.05, 3.63) is 47.6 Å². The van der Waals surface area contributed by atoms with Crippen LogP contribution in [0, 0.1) is 5.82 Å². The van der Waals surface area contributed by atoms with Crippen LogP contribution in [0.5, 0.6) is 0 Å². The number of carboxylic acids is 2. The van der Waals surface area contributed by atoms with E-state index in [0.717, 1.165) is 50.2 Å². The first kappa shape index (κ1) is 31.5. The highest BCUT2D eigenvalue weighted by Crippen LogP contribution is 2.21. The minimum Gasteiger partial charge on any atom is -0.475 e. The van der Waals surface area contributed by atoms with Crippen molar-refractivity contribution in [3.63, 3.8) is 0 Å². The molecule has 2 aromatic heterocycles. The van der Waals surface area contributed by atoms with Crippen molar-refractivity contribution in [1.29, 1.82) is 0 Å². The summed E-state index contributed by atoms with van der Waals surface area (Å²) in [5.74, 6) is -6.36. The van der Waals surface area contributed by atoms with Crippen LogP contribution in [0.3, 0.4) is 0 Å². The molecule has 2 aromatic rings. The number of likely N-dealkylation sites (tertiary alicyclic amines) is 1. The largest absolute Gasteiger partial charge is 0.490 e. The Labute approximate surface area is 216 Å². The predicted molar refractivity (Wildman–Crippen MR) is 118 cm³/mol. The summed E-state index contributed by atoms with van der Waals surface area (Å²) in [6, 6.07) is 1.45. The highest BCUT2D eigenvalue weighted by Gasteiger charge is 2.39. The first-order chi connectivity index (χ1) is 18.1. The fourth-order valence-corrected chi connectivity index (χ4v) is 3.69. The van der Waals surface area contributed by atoms with Crippen molar-refractivity contribution in [2.45, 2.75) is 51.2 Å². The molecule has 17 heteroatoms. The third-order valence-corrected chi connectivity index (χ3v) is 5.55. The molecule has 0 bridgehead atoms. The summed E-state index contributed by atoms with van der Waals surface area (Å²) < 4.78 is 79.6. The Morgan fingerprint density at radius 2 is 1.46 bits per heavy atom. The molecular formula is C22H24F7N5O5. The molecule has 0 unspecified atom stereocenters. The summed E-state index contributed by atoms with van der Waals surface area (Å²) in [7, 11) is 0. The van der Waals surface area contributed by atoms with Gasteiger partial charge in [0.1, 0.15) is 0 Å². The van der Waals surface area contributed by atoms with Gasteiger partial charge >= 0.3 is 24.3 Å². The fourth-order valence-electron chi connectivity index (χ4n) is 3.69. The van der Waals surface area contributed by atoms with Gasteiger partial charge < -0.3 is 19.7 Å². The lowest BCUT2D eigenvalue weighted by Crippen LogP contribution is -2.32. The van der Waals surface area contributed by atoms with Crippen molar-refractivity contribution < 1.29 is 55.3 Å². The van der Waals surface area contributed by atoms with Crippen molar-refractivity contribution in [1.82, 2.24) is 24.3 Å². The molecule has 0 aromatic carbocycles. The highest BCUT2D eigenvalue weighted by atomic mass is 19.4. The summed E-state index contributed by atoms with van der Waals surface area (Å²) >= 11 is 0. The molecule has 216 valence electrons. The van der Waals surface area contributed by atoms with E-state index >= 15 is 0 Å². The van der Waals surface area contributed by atoms with E-state index in [4.69, 9.17) is 19.8 Å². The van der Waals surface area contributed by atoms with E-state index in [1.165, 1.54) is 25.1 Å². The normalized spacial score (nSPS) is 15.7. The minimum absolute atomic E-state index is 0.0871. The van der Waals surface area contributed by atoms with Crippen molar-refractivity contribution in [2.75, 3.05) is 19.6 Å². The number of alkyl halides is 6. The second-order valence-corrected chi connectivity index (χ2v) is 8.36. The number of hydrogen-bond acceptors (Lipinski definition) is 6. The van der Waals surface area contributed by atoms with Crippen LogP contribution in [0.2, 0.25) is 0 Å². The van der Waals surface area contributed by atoms with Gasteiger partial charge in [0.05, 0.1) is 36.0 Å². The molecule has 4 heterocycles. The highest BCUT2D eigenvalue weighted by molar-refractivity contribution is 5.94. The quantitative estimate of drug-likeness (QED) is 0.537. The lowest BCUT2D eigenvalue weighted by molar-refractivity contribution is -0.193. The Kier molecular flexibility index (Phi) is 10.8. The van der Waals surface area contributed by atoms with Crippen LogP contribution in [0.1, 0.15) is 41.0 Å². The molecule has 0 atom stereocenters. The number of carbonyl (C=O) groups is 3. The van der Waals surface area contributed by atoms with Gasteiger partial charge in [-0.15, -0.1) is 0 Å². The zero-order valence-corrected chi connectivity index (χ0v) is 20.2. The Morgan fingerprint density at radius 1 is 0.897 bits per heavy atom. The number of imidazole rings is 1. The van der Waals surface area contributed by atoms with Gasteiger partial charge in [-0.2, -0.15) is 26.3 Å². The molecule has 1 amide bonds. The lowest BCUT2D eigenvalue weighted by atomic mass is 10.2. The van der Waals surface area contributed by atoms with E-state index < -0.39 is 30.1 Å². The number of aromatic nitrogens is 3. The predicted octanol–water partition coefficient (Wildman–Crippen LogP) is 3.33. The molecule has 1 saturated heterocycles. The Bertz CT molecular complexity index is 1120. The summed E-state index contributed by atoms with van der Waals surface area (Å²) in [5, 5.41) is 14.2.